The van der Waals surface area contributed by atoms with E-state index in [2.05, 4.69) is 29.2 Å². The minimum Gasteiger partial charge on any atom is -0.373 e. The van der Waals surface area contributed by atoms with Gasteiger partial charge in [-0.05, 0) is 33.8 Å². The van der Waals surface area contributed by atoms with Gasteiger partial charge in [0, 0.05) is 31.9 Å². The van der Waals surface area contributed by atoms with Gasteiger partial charge in [-0.3, -0.25) is 14.4 Å². The molecule has 0 bridgehead atoms. The van der Waals surface area contributed by atoms with E-state index in [1.165, 1.54) is 0 Å². The second-order valence-corrected chi connectivity index (χ2v) is 5.95. The smallest absolute Gasteiger partial charge is 0.241 e. The highest BCUT2D eigenvalue weighted by Crippen LogP contribution is 2.09. The maximum Gasteiger partial charge on any atom is 0.241 e. The van der Waals surface area contributed by atoms with E-state index in [9.17, 15) is 4.79 Å². The SMILES string of the molecule is Cc1cc(C)n(CC(=O)NCCN2C[C@@H](C)O[C@@H](C)C2)n1. The molecule has 0 aliphatic carbocycles. The molecule has 0 unspecified atom stereocenters. The maximum absolute atomic E-state index is 11.9. The van der Waals surface area contributed by atoms with Crippen molar-refractivity contribution < 1.29 is 9.53 Å². The van der Waals surface area contributed by atoms with Crippen molar-refractivity contribution in [1.82, 2.24) is 20.0 Å². The molecule has 1 N–H and O–H groups in total. The fourth-order valence-electron chi connectivity index (χ4n) is 2.85. The van der Waals surface area contributed by atoms with E-state index in [1.54, 1.807) is 4.68 Å². The Morgan fingerprint density at radius 2 is 2.05 bits per heavy atom. The third-order valence-corrected chi connectivity index (χ3v) is 3.64. The highest BCUT2D eigenvalue weighted by atomic mass is 16.5. The van der Waals surface area contributed by atoms with Crippen LogP contribution in [0.4, 0.5) is 0 Å². The van der Waals surface area contributed by atoms with Crippen molar-refractivity contribution >= 4 is 5.91 Å². The van der Waals surface area contributed by atoms with Gasteiger partial charge in [0.1, 0.15) is 6.54 Å². The highest BCUT2D eigenvalue weighted by Gasteiger charge is 2.21. The second-order valence-electron chi connectivity index (χ2n) is 5.95. The number of ether oxygens (including phenoxy) is 1. The molecule has 1 saturated heterocycles. The van der Waals surface area contributed by atoms with Gasteiger partial charge in [0.05, 0.1) is 17.9 Å². The predicted octanol–water partition coefficient (Wildman–Crippen LogP) is 0.725. The normalized spacial score (nSPS) is 23.2. The first-order valence-electron chi connectivity index (χ1n) is 7.59. The minimum absolute atomic E-state index is 0.00977. The van der Waals surface area contributed by atoms with Gasteiger partial charge >= 0.3 is 0 Å². The Balaban J connectivity index is 1.71. The molecule has 2 rings (SSSR count). The van der Waals surface area contributed by atoms with E-state index in [1.807, 2.05) is 19.9 Å². The number of nitrogens with zero attached hydrogens (tertiary/aromatic N) is 3. The first-order chi connectivity index (χ1) is 9.94. The van der Waals surface area contributed by atoms with Crippen LogP contribution in [0.25, 0.3) is 0 Å². The van der Waals surface area contributed by atoms with Crippen LogP contribution in [0.5, 0.6) is 0 Å². The average molecular weight is 294 g/mol. The van der Waals surface area contributed by atoms with Crippen LogP contribution in [-0.2, 0) is 16.1 Å². The van der Waals surface area contributed by atoms with Gasteiger partial charge in [-0.2, -0.15) is 5.10 Å². The lowest BCUT2D eigenvalue weighted by Crippen LogP contribution is -2.48. The first-order valence-corrected chi connectivity index (χ1v) is 7.59. The van der Waals surface area contributed by atoms with Crippen molar-refractivity contribution in [2.24, 2.45) is 0 Å². The number of amides is 1. The Morgan fingerprint density at radius 3 is 2.62 bits per heavy atom. The fourth-order valence-corrected chi connectivity index (χ4v) is 2.85. The van der Waals surface area contributed by atoms with Crippen LogP contribution in [0.3, 0.4) is 0 Å². The van der Waals surface area contributed by atoms with Gasteiger partial charge in [0.15, 0.2) is 0 Å². The summed E-state index contributed by atoms with van der Waals surface area (Å²) in [5.74, 6) is 0.00977. The summed E-state index contributed by atoms with van der Waals surface area (Å²) in [5.41, 5.74) is 1.95. The Bertz CT molecular complexity index is 476. The Kier molecular flexibility index (Phi) is 5.36. The van der Waals surface area contributed by atoms with E-state index >= 15 is 0 Å². The molecule has 1 fully saturated rings. The van der Waals surface area contributed by atoms with Crippen molar-refractivity contribution in [3.05, 3.63) is 17.5 Å². The molecule has 1 aliphatic rings. The van der Waals surface area contributed by atoms with Crippen LogP contribution in [0.15, 0.2) is 6.07 Å². The number of nitrogens with one attached hydrogen (secondary N) is 1. The number of hydrogen-bond acceptors (Lipinski definition) is 4. The lowest BCUT2D eigenvalue weighted by Gasteiger charge is -2.35. The highest BCUT2D eigenvalue weighted by molar-refractivity contribution is 5.75. The number of hydrogen-bond donors (Lipinski definition) is 1. The molecule has 21 heavy (non-hydrogen) atoms. The van der Waals surface area contributed by atoms with Crippen LogP contribution >= 0.6 is 0 Å². The van der Waals surface area contributed by atoms with Crippen molar-refractivity contribution in [2.45, 2.75) is 46.4 Å². The summed E-state index contributed by atoms with van der Waals surface area (Å²) < 4.78 is 7.44. The maximum atomic E-state index is 11.9. The van der Waals surface area contributed by atoms with Gasteiger partial charge in [0.25, 0.3) is 0 Å². The lowest BCUT2D eigenvalue weighted by molar-refractivity contribution is -0.122. The summed E-state index contributed by atoms with van der Waals surface area (Å²) in [6.45, 7) is 11.7. The molecule has 1 aromatic heterocycles. The van der Waals surface area contributed by atoms with Crippen LogP contribution < -0.4 is 5.32 Å². The topological polar surface area (TPSA) is 59.4 Å². The zero-order valence-electron chi connectivity index (χ0n) is 13.4. The summed E-state index contributed by atoms with van der Waals surface area (Å²) in [6.07, 6.45) is 0.526. The number of rotatable bonds is 5. The zero-order valence-corrected chi connectivity index (χ0v) is 13.4. The van der Waals surface area contributed by atoms with Crippen molar-refractivity contribution in [3.63, 3.8) is 0 Å². The quantitative estimate of drug-likeness (QED) is 0.869. The Labute approximate surface area is 126 Å². The average Bonchev–Trinajstić information content (AvgIpc) is 2.66. The Morgan fingerprint density at radius 1 is 1.38 bits per heavy atom. The molecular formula is C15H26N4O2. The third kappa shape index (κ3) is 4.82. The Hall–Kier alpha value is -1.40. The molecule has 118 valence electrons. The molecule has 1 aliphatic heterocycles. The molecule has 2 atom stereocenters. The molecule has 0 aromatic carbocycles. The van der Waals surface area contributed by atoms with Gasteiger partial charge in [-0.1, -0.05) is 0 Å². The summed E-state index contributed by atoms with van der Waals surface area (Å²) in [5, 5.41) is 7.26. The van der Waals surface area contributed by atoms with E-state index in [-0.39, 0.29) is 24.7 Å². The van der Waals surface area contributed by atoms with Gasteiger partial charge in [-0.15, -0.1) is 0 Å². The number of carbonyl (C=O) groups is 1. The minimum atomic E-state index is 0.00977. The van der Waals surface area contributed by atoms with E-state index in [0.29, 0.717) is 6.54 Å². The molecular weight excluding hydrogens is 268 g/mol. The molecule has 0 saturated carbocycles. The molecule has 1 amide bonds. The van der Waals surface area contributed by atoms with Crippen LogP contribution in [0, 0.1) is 13.8 Å². The number of aryl methyl sites for hydroxylation is 2. The fraction of sp³-hybridized carbons (Fsp3) is 0.733. The predicted molar refractivity (Wildman–Crippen MR) is 81.2 cm³/mol. The third-order valence-electron chi connectivity index (χ3n) is 3.64. The van der Waals surface area contributed by atoms with Crippen LogP contribution in [0.1, 0.15) is 25.2 Å². The monoisotopic (exact) mass is 294 g/mol. The second kappa shape index (κ2) is 7.04. The lowest BCUT2D eigenvalue weighted by atomic mass is 10.2. The van der Waals surface area contributed by atoms with Crippen LogP contribution in [-0.4, -0.2) is 59.0 Å². The van der Waals surface area contributed by atoms with Crippen molar-refractivity contribution in [1.29, 1.82) is 0 Å². The molecule has 0 spiro atoms. The molecule has 1 aromatic rings. The largest absolute Gasteiger partial charge is 0.373 e. The number of carbonyl (C=O) groups excluding carboxylic acids is 1. The van der Waals surface area contributed by atoms with Crippen LogP contribution in [0.2, 0.25) is 0 Å². The van der Waals surface area contributed by atoms with Gasteiger partial charge < -0.3 is 10.1 Å². The zero-order chi connectivity index (χ0) is 15.4. The number of morpholine rings is 1. The van der Waals surface area contributed by atoms with E-state index < -0.39 is 0 Å². The standard InChI is InChI=1S/C15H26N4O2/c1-11-7-12(2)19(17-11)10-15(20)16-5-6-18-8-13(3)21-14(4)9-18/h7,13-14H,5-6,8-10H2,1-4H3,(H,16,20)/t13-,14+. The van der Waals surface area contributed by atoms with E-state index in [4.69, 9.17) is 4.74 Å². The number of aromatic nitrogens is 2. The summed E-state index contributed by atoms with van der Waals surface area (Å²) in [6, 6.07) is 1.98. The molecule has 2 heterocycles. The first kappa shape index (κ1) is 16.0. The van der Waals surface area contributed by atoms with Crippen molar-refractivity contribution in [2.75, 3.05) is 26.2 Å². The van der Waals surface area contributed by atoms with Crippen molar-refractivity contribution in [3.8, 4) is 0 Å². The van der Waals surface area contributed by atoms with E-state index in [0.717, 1.165) is 31.0 Å². The molecule has 0 radical (unpaired) electrons. The summed E-state index contributed by atoms with van der Waals surface area (Å²) in [4.78, 5) is 14.3. The molecule has 6 heteroatoms. The van der Waals surface area contributed by atoms with Gasteiger partial charge in [0.2, 0.25) is 5.91 Å². The summed E-state index contributed by atoms with van der Waals surface area (Å²) >= 11 is 0. The summed E-state index contributed by atoms with van der Waals surface area (Å²) in [7, 11) is 0. The molecule has 6 nitrogen and oxygen atoms in total. The van der Waals surface area contributed by atoms with Gasteiger partial charge in [-0.25, -0.2) is 0 Å².